The van der Waals surface area contributed by atoms with Crippen LogP contribution in [0.1, 0.15) is 18.5 Å². The Morgan fingerprint density at radius 1 is 1.12 bits per heavy atom. The van der Waals surface area contributed by atoms with Crippen LogP contribution >= 0.6 is 0 Å². The molecule has 0 unspecified atom stereocenters. The molecule has 2 aromatic heterocycles. The normalized spacial score (nSPS) is 22.9. The van der Waals surface area contributed by atoms with Gasteiger partial charge in [0.25, 0.3) is 0 Å². The van der Waals surface area contributed by atoms with E-state index < -0.39 is 0 Å². The van der Waals surface area contributed by atoms with E-state index in [4.69, 9.17) is 4.74 Å². The topological polar surface area (TPSA) is 63.2 Å². The molecule has 1 spiro atoms. The lowest BCUT2D eigenvalue weighted by Crippen LogP contribution is -2.64. The average molecular weight is 325 g/mol. The fourth-order valence-corrected chi connectivity index (χ4v) is 3.55. The van der Waals surface area contributed by atoms with Crippen molar-refractivity contribution in [3.05, 3.63) is 48.5 Å². The first-order valence-corrected chi connectivity index (χ1v) is 8.58. The molecule has 4 heterocycles. The van der Waals surface area contributed by atoms with Gasteiger partial charge in [-0.15, -0.1) is 0 Å². The highest BCUT2D eigenvalue weighted by Crippen LogP contribution is 2.36. The molecular weight excluding hydrogens is 302 g/mol. The molecule has 24 heavy (non-hydrogen) atoms. The van der Waals surface area contributed by atoms with E-state index in [1.165, 1.54) is 6.42 Å². The molecule has 126 valence electrons. The van der Waals surface area contributed by atoms with E-state index >= 15 is 0 Å². The minimum atomic E-state index is 0.0779. The van der Waals surface area contributed by atoms with E-state index in [1.807, 2.05) is 24.4 Å². The van der Waals surface area contributed by atoms with Crippen LogP contribution < -0.4 is 5.32 Å². The van der Waals surface area contributed by atoms with Gasteiger partial charge in [-0.2, -0.15) is 0 Å². The Kier molecular flexibility index (Phi) is 4.40. The van der Waals surface area contributed by atoms with Crippen molar-refractivity contribution in [2.75, 3.05) is 31.6 Å². The highest BCUT2D eigenvalue weighted by molar-refractivity contribution is 5.22. The number of anilines is 1. The van der Waals surface area contributed by atoms with Gasteiger partial charge in [-0.3, -0.25) is 9.88 Å². The number of hydrogen-bond donors (Lipinski definition) is 1. The maximum Gasteiger partial charge on any atom is 0.222 e. The summed E-state index contributed by atoms with van der Waals surface area (Å²) < 4.78 is 6.23. The second-order valence-electron chi connectivity index (χ2n) is 6.82. The van der Waals surface area contributed by atoms with Gasteiger partial charge in [0.2, 0.25) is 5.95 Å². The third-order valence-corrected chi connectivity index (χ3v) is 4.88. The molecule has 0 amide bonds. The Labute approximate surface area is 142 Å². The number of hydrogen-bond acceptors (Lipinski definition) is 6. The molecule has 1 atom stereocenters. The van der Waals surface area contributed by atoms with E-state index in [0.717, 1.165) is 44.9 Å². The van der Waals surface area contributed by atoms with Crippen molar-refractivity contribution in [2.45, 2.75) is 25.0 Å². The molecule has 1 N–H and O–H groups in total. The van der Waals surface area contributed by atoms with Gasteiger partial charge in [0.15, 0.2) is 0 Å². The number of ether oxygens (including phenoxy) is 1. The smallest absolute Gasteiger partial charge is 0.222 e. The fraction of sp³-hybridized carbons (Fsp3) is 0.500. The summed E-state index contributed by atoms with van der Waals surface area (Å²) in [5.74, 6) is 1.23. The number of rotatable bonds is 5. The molecule has 0 aliphatic carbocycles. The van der Waals surface area contributed by atoms with Crippen molar-refractivity contribution in [3.63, 3.8) is 0 Å². The minimum absolute atomic E-state index is 0.0779. The Bertz CT molecular complexity index is 635. The van der Waals surface area contributed by atoms with Gasteiger partial charge in [-0.25, -0.2) is 9.97 Å². The van der Waals surface area contributed by atoms with Crippen LogP contribution in [-0.4, -0.2) is 51.7 Å². The van der Waals surface area contributed by atoms with Gasteiger partial charge in [0.05, 0.1) is 17.9 Å². The lowest BCUT2D eigenvalue weighted by molar-refractivity contribution is -0.180. The highest BCUT2D eigenvalue weighted by Gasteiger charge is 2.46. The fourth-order valence-electron chi connectivity index (χ4n) is 3.55. The zero-order chi connectivity index (χ0) is 16.2. The summed E-state index contributed by atoms with van der Waals surface area (Å²) in [7, 11) is 0. The van der Waals surface area contributed by atoms with Crippen molar-refractivity contribution in [3.8, 4) is 0 Å². The van der Waals surface area contributed by atoms with Gasteiger partial charge in [-0.05, 0) is 37.0 Å². The van der Waals surface area contributed by atoms with Crippen LogP contribution in [0.5, 0.6) is 0 Å². The molecule has 0 bridgehead atoms. The maximum absolute atomic E-state index is 6.23. The first-order valence-electron chi connectivity index (χ1n) is 8.58. The molecule has 0 radical (unpaired) electrons. The van der Waals surface area contributed by atoms with E-state index in [1.54, 1.807) is 12.4 Å². The molecule has 2 aromatic rings. The first kappa shape index (κ1) is 15.5. The SMILES string of the molecule is c1ccc(CN2CC3(CC[C@@H](CNc4ncccn4)CO3)C2)nc1. The summed E-state index contributed by atoms with van der Waals surface area (Å²) in [6.07, 6.45) is 7.69. The zero-order valence-electron chi connectivity index (χ0n) is 13.8. The monoisotopic (exact) mass is 325 g/mol. The van der Waals surface area contributed by atoms with Crippen LogP contribution in [0.2, 0.25) is 0 Å². The number of aromatic nitrogens is 3. The lowest BCUT2D eigenvalue weighted by atomic mass is 9.83. The van der Waals surface area contributed by atoms with Crippen LogP contribution in [0.25, 0.3) is 0 Å². The molecule has 6 heteroatoms. The molecule has 2 saturated heterocycles. The lowest BCUT2D eigenvalue weighted by Gasteiger charge is -2.52. The summed E-state index contributed by atoms with van der Waals surface area (Å²) in [6.45, 7) is 4.65. The van der Waals surface area contributed by atoms with Crippen LogP contribution in [0.15, 0.2) is 42.9 Å². The van der Waals surface area contributed by atoms with Crippen LogP contribution in [0.4, 0.5) is 5.95 Å². The molecule has 0 saturated carbocycles. The summed E-state index contributed by atoms with van der Waals surface area (Å²) in [4.78, 5) is 15.2. The van der Waals surface area contributed by atoms with E-state index in [2.05, 4.69) is 31.2 Å². The van der Waals surface area contributed by atoms with Gasteiger partial charge in [0.1, 0.15) is 0 Å². The van der Waals surface area contributed by atoms with Gasteiger partial charge in [0, 0.05) is 44.8 Å². The average Bonchev–Trinajstić information content (AvgIpc) is 2.62. The Balaban J connectivity index is 1.20. The summed E-state index contributed by atoms with van der Waals surface area (Å²) in [6, 6.07) is 7.91. The number of nitrogens with zero attached hydrogens (tertiary/aromatic N) is 4. The highest BCUT2D eigenvalue weighted by atomic mass is 16.5. The van der Waals surface area contributed by atoms with E-state index in [9.17, 15) is 0 Å². The largest absolute Gasteiger partial charge is 0.372 e. The third kappa shape index (κ3) is 3.55. The summed E-state index contributed by atoms with van der Waals surface area (Å²) in [5, 5.41) is 3.30. The second kappa shape index (κ2) is 6.83. The quantitative estimate of drug-likeness (QED) is 0.907. The van der Waals surface area contributed by atoms with Crippen LogP contribution in [-0.2, 0) is 11.3 Å². The van der Waals surface area contributed by atoms with Gasteiger partial charge in [-0.1, -0.05) is 6.07 Å². The van der Waals surface area contributed by atoms with Gasteiger partial charge < -0.3 is 10.1 Å². The van der Waals surface area contributed by atoms with Crippen molar-refractivity contribution in [2.24, 2.45) is 5.92 Å². The standard InChI is InChI=1S/C18H23N5O/c1-2-7-19-16(4-1)11-23-13-18(14-23)6-5-15(12-24-18)10-22-17-20-8-3-9-21-17/h1-4,7-9,15H,5-6,10-14H2,(H,20,21,22)/t15-/m0/s1. The zero-order valence-corrected chi connectivity index (χ0v) is 13.8. The second-order valence-corrected chi connectivity index (χ2v) is 6.82. The molecule has 4 rings (SSSR count). The predicted octanol–water partition coefficient (Wildman–Crippen LogP) is 1.96. The third-order valence-electron chi connectivity index (χ3n) is 4.88. The van der Waals surface area contributed by atoms with Crippen molar-refractivity contribution in [1.82, 2.24) is 19.9 Å². The summed E-state index contributed by atoms with van der Waals surface area (Å²) in [5.41, 5.74) is 1.21. The number of pyridine rings is 1. The maximum atomic E-state index is 6.23. The van der Waals surface area contributed by atoms with Gasteiger partial charge >= 0.3 is 0 Å². The van der Waals surface area contributed by atoms with Crippen molar-refractivity contribution < 1.29 is 4.74 Å². The first-order chi connectivity index (χ1) is 11.8. The molecule has 6 nitrogen and oxygen atoms in total. The molecule has 0 aromatic carbocycles. The molecule has 2 fully saturated rings. The number of likely N-dealkylation sites (tertiary alicyclic amines) is 1. The molecule has 2 aliphatic heterocycles. The predicted molar refractivity (Wildman–Crippen MR) is 91.4 cm³/mol. The van der Waals surface area contributed by atoms with Crippen LogP contribution in [0.3, 0.4) is 0 Å². The Morgan fingerprint density at radius 3 is 2.67 bits per heavy atom. The number of nitrogens with one attached hydrogen (secondary N) is 1. The van der Waals surface area contributed by atoms with Crippen molar-refractivity contribution in [1.29, 1.82) is 0 Å². The molecule has 2 aliphatic rings. The minimum Gasteiger partial charge on any atom is -0.372 e. The Morgan fingerprint density at radius 2 is 1.96 bits per heavy atom. The Hall–Kier alpha value is -2.05. The summed E-state index contributed by atoms with van der Waals surface area (Å²) >= 11 is 0. The van der Waals surface area contributed by atoms with Crippen LogP contribution in [0, 0.1) is 5.92 Å². The van der Waals surface area contributed by atoms with Crippen molar-refractivity contribution >= 4 is 5.95 Å². The molecular formula is C18H23N5O. The van der Waals surface area contributed by atoms with E-state index in [0.29, 0.717) is 11.9 Å². The van der Waals surface area contributed by atoms with E-state index in [-0.39, 0.29) is 5.60 Å².